The molecule has 0 unspecified atom stereocenters. The van der Waals surface area contributed by atoms with Gasteiger partial charge in [-0.25, -0.2) is 9.37 Å². The summed E-state index contributed by atoms with van der Waals surface area (Å²) in [6, 6.07) is 7.51. The quantitative estimate of drug-likeness (QED) is 0.926. The molecule has 0 atom stereocenters. The highest BCUT2D eigenvalue weighted by Crippen LogP contribution is 2.35. The van der Waals surface area contributed by atoms with Crippen molar-refractivity contribution in [2.24, 2.45) is 7.05 Å². The van der Waals surface area contributed by atoms with Gasteiger partial charge in [-0.3, -0.25) is 4.68 Å². The maximum atomic E-state index is 14.8. The van der Waals surface area contributed by atoms with Crippen LogP contribution < -0.4 is 5.32 Å². The Morgan fingerprint density at radius 1 is 1.20 bits per heavy atom. The molecular weight excluding hydrogens is 279 g/mol. The molecule has 108 valence electrons. The van der Waals surface area contributed by atoms with Gasteiger partial charge in [0.15, 0.2) is 5.82 Å². The largest absolute Gasteiger partial charge is 0.316 e. The fraction of sp³-hybridized carbons (Fsp3) is 0.429. The van der Waals surface area contributed by atoms with Gasteiger partial charge in [0.25, 0.3) is 0 Å². The van der Waals surface area contributed by atoms with Crippen molar-refractivity contribution in [2.75, 3.05) is 13.1 Å². The molecule has 3 rings (SSSR count). The van der Waals surface area contributed by atoms with Crippen LogP contribution in [0.4, 0.5) is 4.39 Å². The molecule has 2 aromatic rings. The summed E-state index contributed by atoms with van der Waals surface area (Å²) in [4.78, 5) is 4.19. The van der Waals surface area contributed by atoms with Gasteiger partial charge < -0.3 is 5.32 Å². The second kappa shape index (κ2) is 5.89. The average Bonchev–Trinajstić information content (AvgIpc) is 2.87. The molecule has 0 spiro atoms. The number of hydrogen-bond acceptors (Lipinski definition) is 3. The molecule has 1 saturated heterocycles. The molecule has 0 amide bonds. The smallest absolute Gasteiger partial charge is 0.181 e. The van der Waals surface area contributed by atoms with E-state index in [1.54, 1.807) is 11.0 Å². The van der Waals surface area contributed by atoms with Gasteiger partial charge in [0.1, 0.15) is 12.0 Å². The summed E-state index contributed by atoms with van der Waals surface area (Å²) >= 11 is 0. The molecule has 0 aliphatic carbocycles. The van der Waals surface area contributed by atoms with Gasteiger partial charge in [-0.05, 0) is 31.5 Å². The Morgan fingerprint density at radius 3 is 2.40 bits per heavy atom. The highest BCUT2D eigenvalue weighted by molar-refractivity contribution is 5.85. The lowest BCUT2D eigenvalue weighted by molar-refractivity contribution is 0.115. The van der Waals surface area contributed by atoms with Gasteiger partial charge >= 0.3 is 0 Å². The second-order valence-corrected chi connectivity index (χ2v) is 5.03. The highest BCUT2D eigenvalue weighted by Gasteiger charge is 2.33. The van der Waals surface area contributed by atoms with Crippen molar-refractivity contribution in [1.82, 2.24) is 20.1 Å². The van der Waals surface area contributed by atoms with Crippen molar-refractivity contribution in [3.8, 4) is 11.4 Å². The van der Waals surface area contributed by atoms with Crippen LogP contribution in [-0.2, 0) is 12.7 Å². The first-order valence-corrected chi connectivity index (χ1v) is 6.54. The Kier molecular flexibility index (Phi) is 4.40. The molecule has 6 heteroatoms. The van der Waals surface area contributed by atoms with E-state index < -0.39 is 5.67 Å². The number of piperidine rings is 1. The Bertz CT molecular complexity index is 561. The molecule has 0 bridgehead atoms. The van der Waals surface area contributed by atoms with Gasteiger partial charge in [-0.1, -0.05) is 24.3 Å². The van der Waals surface area contributed by atoms with E-state index in [-0.39, 0.29) is 12.4 Å². The zero-order valence-corrected chi connectivity index (χ0v) is 12.2. The van der Waals surface area contributed by atoms with E-state index in [0.717, 1.165) is 24.2 Å². The molecule has 1 aliphatic heterocycles. The first-order chi connectivity index (χ1) is 9.17. The zero-order chi connectivity index (χ0) is 13.3. The Labute approximate surface area is 123 Å². The topological polar surface area (TPSA) is 42.7 Å². The fourth-order valence-corrected chi connectivity index (χ4v) is 2.50. The third-order valence-electron chi connectivity index (χ3n) is 3.66. The van der Waals surface area contributed by atoms with E-state index in [0.29, 0.717) is 18.7 Å². The summed E-state index contributed by atoms with van der Waals surface area (Å²) < 4.78 is 16.4. The van der Waals surface area contributed by atoms with Crippen LogP contribution in [0.25, 0.3) is 11.4 Å². The molecule has 1 aromatic carbocycles. The number of hydrogen-bond donors (Lipinski definition) is 1. The number of nitrogens with zero attached hydrogens (tertiary/aromatic N) is 3. The SMILES string of the molecule is Cl.Cn1cnc(-c2ccc(C3(F)CCNCC3)cc2)n1. The fourth-order valence-electron chi connectivity index (χ4n) is 2.50. The summed E-state index contributed by atoms with van der Waals surface area (Å²) in [6.45, 7) is 1.47. The standard InChI is InChI=1S/C14H17FN4.ClH/c1-19-10-17-13(18-19)11-2-4-12(5-3-11)14(15)6-8-16-9-7-14;/h2-5,10,16H,6-9H2,1H3;1H. The predicted molar refractivity (Wildman–Crippen MR) is 78.6 cm³/mol. The van der Waals surface area contributed by atoms with Crippen molar-refractivity contribution in [3.05, 3.63) is 36.2 Å². The Balaban J connectivity index is 0.00000147. The van der Waals surface area contributed by atoms with Crippen molar-refractivity contribution in [1.29, 1.82) is 0 Å². The minimum atomic E-state index is -1.19. The molecule has 0 saturated carbocycles. The van der Waals surface area contributed by atoms with E-state index in [9.17, 15) is 4.39 Å². The van der Waals surface area contributed by atoms with E-state index in [2.05, 4.69) is 15.4 Å². The van der Waals surface area contributed by atoms with Crippen LogP contribution in [0.3, 0.4) is 0 Å². The predicted octanol–water partition coefficient (Wildman–Crippen LogP) is 2.45. The van der Waals surface area contributed by atoms with E-state index in [1.165, 1.54) is 0 Å². The number of benzene rings is 1. The molecule has 4 nitrogen and oxygen atoms in total. The van der Waals surface area contributed by atoms with Crippen molar-refractivity contribution < 1.29 is 4.39 Å². The molecule has 1 aliphatic rings. The third-order valence-corrected chi connectivity index (χ3v) is 3.66. The van der Waals surface area contributed by atoms with Crippen LogP contribution in [0, 0.1) is 0 Å². The molecule has 1 aromatic heterocycles. The number of alkyl halides is 1. The molecule has 2 heterocycles. The lowest BCUT2D eigenvalue weighted by atomic mass is 9.86. The summed E-state index contributed by atoms with van der Waals surface area (Å²) in [5.41, 5.74) is 0.483. The summed E-state index contributed by atoms with van der Waals surface area (Å²) in [5, 5.41) is 7.43. The van der Waals surface area contributed by atoms with Crippen molar-refractivity contribution in [3.63, 3.8) is 0 Å². The van der Waals surface area contributed by atoms with Crippen LogP contribution in [0.2, 0.25) is 0 Å². The van der Waals surface area contributed by atoms with Crippen molar-refractivity contribution >= 4 is 12.4 Å². The normalized spacial score (nSPS) is 17.5. The average molecular weight is 297 g/mol. The van der Waals surface area contributed by atoms with Gasteiger partial charge in [0.2, 0.25) is 0 Å². The second-order valence-electron chi connectivity index (χ2n) is 5.03. The number of aromatic nitrogens is 3. The van der Waals surface area contributed by atoms with Gasteiger partial charge in [0.05, 0.1) is 0 Å². The minimum absolute atomic E-state index is 0. The van der Waals surface area contributed by atoms with Gasteiger partial charge in [-0.15, -0.1) is 12.4 Å². The molecule has 1 N–H and O–H groups in total. The zero-order valence-electron chi connectivity index (χ0n) is 11.3. The van der Waals surface area contributed by atoms with Crippen LogP contribution >= 0.6 is 12.4 Å². The van der Waals surface area contributed by atoms with E-state index >= 15 is 0 Å². The lowest BCUT2D eigenvalue weighted by Crippen LogP contribution is -2.36. The van der Waals surface area contributed by atoms with Crippen LogP contribution in [-0.4, -0.2) is 27.9 Å². The molecular formula is C14H18ClFN4. The van der Waals surface area contributed by atoms with E-state index in [1.807, 2.05) is 31.3 Å². The van der Waals surface area contributed by atoms with Crippen LogP contribution in [0.15, 0.2) is 30.6 Å². The summed E-state index contributed by atoms with van der Waals surface area (Å²) in [5.74, 6) is 0.673. The summed E-state index contributed by atoms with van der Waals surface area (Å²) in [6.07, 6.45) is 2.73. The highest BCUT2D eigenvalue weighted by atomic mass is 35.5. The minimum Gasteiger partial charge on any atom is -0.316 e. The van der Waals surface area contributed by atoms with Crippen LogP contribution in [0.5, 0.6) is 0 Å². The maximum absolute atomic E-state index is 14.8. The Hall–Kier alpha value is -1.46. The molecule has 20 heavy (non-hydrogen) atoms. The number of nitrogens with one attached hydrogen (secondary N) is 1. The first kappa shape index (κ1) is 14.9. The third kappa shape index (κ3) is 2.83. The molecule has 1 fully saturated rings. The van der Waals surface area contributed by atoms with Gasteiger partial charge in [0, 0.05) is 12.6 Å². The Morgan fingerprint density at radius 2 is 1.85 bits per heavy atom. The number of rotatable bonds is 2. The summed E-state index contributed by atoms with van der Waals surface area (Å²) in [7, 11) is 1.83. The van der Waals surface area contributed by atoms with Crippen LogP contribution in [0.1, 0.15) is 18.4 Å². The molecule has 0 radical (unpaired) electrons. The first-order valence-electron chi connectivity index (χ1n) is 6.54. The van der Waals surface area contributed by atoms with Gasteiger partial charge in [-0.2, -0.15) is 5.10 Å². The monoisotopic (exact) mass is 296 g/mol. The van der Waals surface area contributed by atoms with Crippen molar-refractivity contribution in [2.45, 2.75) is 18.5 Å². The lowest BCUT2D eigenvalue weighted by Gasteiger charge is -2.30. The van der Waals surface area contributed by atoms with E-state index in [4.69, 9.17) is 0 Å². The number of aryl methyl sites for hydroxylation is 1. The number of halogens is 2. The maximum Gasteiger partial charge on any atom is 0.181 e.